The zero-order valence-electron chi connectivity index (χ0n) is 23.6. The normalized spacial score (nSPS) is 11.9. The number of nitrogens with zero attached hydrogens (tertiary/aromatic N) is 4. The van der Waals surface area contributed by atoms with Crippen molar-refractivity contribution in [1.82, 2.24) is 14.3 Å². The van der Waals surface area contributed by atoms with E-state index in [1.54, 1.807) is 13.0 Å². The third-order valence-electron chi connectivity index (χ3n) is 6.16. The van der Waals surface area contributed by atoms with E-state index in [0.29, 0.717) is 22.8 Å². The number of hydrogen-bond donors (Lipinski definition) is 0. The minimum atomic E-state index is -4.90. The number of sulfone groups is 1. The third-order valence-corrected chi connectivity index (χ3v) is 8.60. The second kappa shape index (κ2) is 15.5. The number of aryl methyl sites for hydroxylation is 1. The molecule has 0 bridgehead atoms. The molecule has 0 saturated heterocycles. The number of hydrogen-bond acceptors (Lipinski definition) is 6. The minimum Gasteiger partial charge on any atom is -0.333 e. The average Bonchev–Trinajstić information content (AvgIpc) is 3.53. The van der Waals surface area contributed by atoms with Crippen LogP contribution in [-0.2, 0) is 27.2 Å². The zero-order valence-corrected chi connectivity index (χ0v) is 25.2. The summed E-state index contributed by atoms with van der Waals surface area (Å²) in [5.74, 6) is -2.40. The number of aromatic nitrogens is 2. The molecule has 0 fully saturated rings. The lowest BCUT2D eigenvalue weighted by Gasteiger charge is -2.29. The standard InChI is InChI=1S/C21H23F4N3O3S2.C6H6.C2H3N/c1-4-33(30,31)10-8-27(13(2)19-14(3)28-7-9-32-20(28)26-19)18(29)12-15-5-6-17(22)16(11-15)21(23,24)25;1-2-4-6-5-3-1;1-2-3/h5-7,9,11,13H,4,8,10,12H2,1-3H3;1-6H;1H3. The van der Waals surface area contributed by atoms with Crippen molar-refractivity contribution in [2.45, 2.75) is 46.3 Å². The number of rotatable bonds is 8. The fourth-order valence-electron chi connectivity index (χ4n) is 3.94. The summed E-state index contributed by atoms with van der Waals surface area (Å²) in [5.41, 5.74) is -0.131. The molecule has 0 radical (unpaired) electrons. The smallest absolute Gasteiger partial charge is 0.333 e. The highest BCUT2D eigenvalue weighted by atomic mass is 32.2. The number of imidazole rings is 1. The van der Waals surface area contributed by atoms with Crippen LogP contribution in [0.5, 0.6) is 0 Å². The molecular formula is C29H32F4N4O3S2. The van der Waals surface area contributed by atoms with E-state index in [1.807, 2.05) is 59.3 Å². The number of nitriles is 1. The van der Waals surface area contributed by atoms with Gasteiger partial charge in [-0.3, -0.25) is 9.20 Å². The van der Waals surface area contributed by atoms with E-state index < -0.39 is 45.8 Å². The molecule has 0 aliphatic carbocycles. The number of alkyl halides is 3. The molecule has 7 nitrogen and oxygen atoms in total. The Hall–Kier alpha value is -3.76. The lowest BCUT2D eigenvalue weighted by Crippen LogP contribution is -2.39. The van der Waals surface area contributed by atoms with Crippen LogP contribution in [0.25, 0.3) is 4.96 Å². The van der Waals surface area contributed by atoms with Crippen LogP contribution in [0, 0.1) is 24.1 Å². The highest BCUT2D eigenvalue weighted by Gasteiger charge is 2.35. The highest BCUT2D eigenvalue weighted by Crippen LogP contribution is 2.32. The van der Waals surface area contributed by atoms with Crippen LogP contribution in [0.3, 0.4) is 0 Å². The largest absolute Gasteiger partial charge is 0.419 e. The molecule has 0 saturated carbocycles. The van der Waals surface area contributed by atoms with Crippen molar-refractivity contribution < 1.29 is 30.8 Å². The maximum absolute atomic E-state index is 13.6. The van der Waals surface area contributed by atoms with Gasteiger partial charge >= 0.3 is 6.18 Å². The molecule has 1 atom stereocenters. The maximum atomic E-state index is 13.6. The monoisotopic (exact) mass is 624 g/mol. The molecule has 2 aromatic heterocycles. The number of benzene rings is 2. The molecule has 2 heterocycles. The van der Waals surface area contributed by atoms with Crippen molar-refractivity contribution in [3.63, 3.8) is 0 Å². The summed E-state index contributed by atoms with van der Waals surface area (Å²) in [6, 6.07) is 15.5. The van der Waals surface area contributed by atoms with E-state index in [4.69, 9.17) is 5.26 Å². The van der Waals surface area contributed by atoms with Crippen LogP contribution in [0.1, 0.15) is 49.3 Å². The number of thiazole rings is 1. The topological polar surface area (TPSA) is 95.5 Å². The Morgan fingerprint density at radius 3 is 2.24 bits per heavy atom. The Kier molecular flexibility index (Phi) is 12.7. The summed E-state index contributed by atoms with van der Waals surface area (Å²) in [7, 11) is -3.41. The number of carbonyl (C=O) groups is 1. The first-order chi connectivity index (χ1) is 19.8. The highest BCUT2D eigenvalue weighted by molar-refractivity contribution is 7.91. The molecule has 4 rings (SSSR count). The lowest BCUT2D eigenvalue weighted by atomic mass is 10.1. The molecule has 2 aromatic carbocycles. The maximum Gasteiger partial charge on any atom is 0.419 e. The molecule has 4 aromatic rings. The van der Waals surface area contributed by atoms with Crippen molar-refractivity contribution in [2.75, 3.05) is 18.1 Å². The molecule has 0 aliphatic rings. The first kappa shape index (κ1) is 34.4. The SMILES string of the molecule is CC#N.CCS(=O)(=O)CCN(C(=O)Cc1ccc(F)c(C(F)(F)F)c1)C(C)c1nc2sccn2c1C.c1ccccc1. The van der Waals surface area contributed by atoms with Crippen LogP contribution in [0.4, 0.5) is 17.6 Å². The van der Waals surface area contributed by atoms with Crippen molar-refractivity contribution >= 4 is 32.0 Å². The molecule has 1 unspecified atom stereocenters. The molecule has 13 heteroatoms. The lowest BCUT2D eigenvalue weighted by molar-refractivity contribution is -0.140. The summed E-state index contributed by atoms with van der Waals surface area (Å²) in [4.78, 5) is 19.7. The number of carbonyl (C=O) groups excluding carboxylic acids is 1. The van der Waals surface area contributed by atoms with E-state index in [1.165, 1.54) is 30.1 Å². The average molecular weight is 625 g/mol. The second-order valence-electron chi connectivity index (χ2n) is 9.00. The Morgan fingerprint density at radius 2 is 1.74 bits per heavy atom. The molecule has 0 N–H and O–H groups in total. The third kappa shape index (κ3) is 9.66. The fraction of sp³-hybridized carbons (Fsp3) is 0.345. The first-order valence-corrected chi connectivity index (χ1v) is 15.5. The molecule has 1 amide bonds. The van der Waals surface area contributed by atoms with E-state index in [2.05, 4.69) is 4.98 Å². The van der Waals surface area contributed by atoms with Gasteiger partial charge in [-0.2, -0.15) is 18.4 Å². The molecule has 226 valence electrons. The van der Waals surface area contributed by atoms with Gasteiger partial charge in [-0.1, -0.05) is 49.4 Å². The fourth-order valence-corrected chi connectivity index (χ4v) is 5.47. The zero-order chi connectivity index (χ0) is 31.5. The van der Waals surface area contributed by atoms with Crippen LogP contribution in [-0.4, -0.2) is 46.7 Å². The Bertz CT molecular complexity index is 1570. The van der Waals surface area contributed by atoms with Crippen LogP contribution < -0.4 is 0 Å². The number of halogens is 4. The molecular weight excluding hydrogens is 592 g/mol. The summed E-state index contributed by atoms with van der Waals surface area (Å²) in [5, 5.41) is 9.17. The quantitative estimate of drug-likeness (QED) is 0.205. The number of fused-ring (bicyclic) bond motifs is 1. The Labute approximate surface area is 247 Å². The van der Waals surface area contributed by atoms with Crippen LogP contribution >= 0.6 is 11.3 Å². The van der Waals surface area contributed by atoms with Gasteiger partial charge < -0.3 is 4.90 Å². The van der Waals surface area contributed by atoms with Gasteiger partial charge in [0, 0.05) is 36.5 Å². The van der Waals surface area contributed by atoms with Crippen LogP contribution in [0.15, 0.2) is 66.2 Å². The van der Waals surface area contributed by atoms with Crippen molar-refractivity contribution in [2.24, 2.45) is 0 Å². The Morgan fingerprint density at radius 1 is 1.17 bits per heavy atom. The van der Waals surface area contributed by atoms with Gasteiger partial charge in [0.1, 0.15) is 5.82 Å². The van der Waals surface area contributed by atoms with E-state index in [0.717, 1.165) is 11.8 Å². The first-order valence-electron chi connectivity index (χ1n) is 12.8. The molecule has 0 aliphatic heterocycles. The predicted molar refractivity (Wildman–Crippen MR) is 155 cm³/mol. The van der Waals surface area contributed by atoms with Gasteiger partial charge in [0.05, 0.1) is 35.5 Å². The van der Waals surface area contributed by atoms with E-state index in [9.17, 15) is 30.8 Å². The van der Waals surface area contributed by atoms with Crippen LogP contribution in [0.2, 0.25) is 0 Å². The van der Waals surface area contributed by atoms with Gasteiger partial charge in [-0.25, -0.2) is 17.8 Å². The minimum absolute atomic E-state index is 0.0215. The summed E-state index contributed by atoms with van der Waals surface area (Å²) < 4.78 is 78.8. The van der Waals surface area contributed by atoms with Crippen molar-refractivity contribution in [1.29, 1.82) is 5.26 Å². The van der Waals surface area contributed by atoms with Gasteiger partial charge in [0.2, 0.25) is 5.91 Å². The van der Waals surface area contributed by atoms with E-state index >= 15 is 0 Å². The van der Waals surface area contributed by atoms with Gasteiger partial charge in [-0.05, 0) is 31.5 Å². The van der Waals surface area contributed by atoms with Gasteiger partial charge in [0.15, 0.2) is 14.8 Å². The predicted octanol–water partition coefficient (Wildman–Crippen LogP) is 6.65. The summed E-state index contributed by atoms with van der Waals surface area (Å²) >= 11 is 1.40. The Balaban J connectivity index is 0.000000589. The summed E-state index contributed by atoms with van der Waals surface area (Å²) in [6.45, 7) is 6.30. The molecule has 0 spiro atoms. The summed E-state index contributed by atoms with van der Waals surface area (Å²) in [6.07, 6.45) is -3.52. The number of amides is 1. The molecule has 42 heavy (non-hydrogen) atoms. The van der Waals surface area contributed by atoms with Gasteiger partial charge in [-0.15, -0.1) is 11.3 Å². The second-order valence-corrected chi connectivity index (χ2v) is 12.4. The van der Waals surface area contributed by atoms with E-state index in [-0.39, 0.29) is 23.6 Å². The van der Waals surface area contributed by atoms with Crippen molar-refractivity contribution in [3.05, 3.63) is 94.5 Å². The van der Waals surface area contributed by atoms with Crippen molar-refractivity contribution in [3.8, 4) is 6.07 Å². The van der Waals surface area contributed by atoms with Gasteiger partial charge in [0.25, 0.3) is 0 Å².